The zero-order chi connectivity index (χ0) is 25.2. The van der Waals surface area contributed by atoms with E-state index >= 15 is 0 Å². The highest BCUT2D eigenvalue weighted by Crippen LogP contribution is 2.29. The van der Waals surface area contributed by atoms with Gasteiger partial charge in [0.05, 0.1) is 18.4 Å². The fourth-order valence-corrected chi connectivity index (χ4v) is 4.23. The topological polar surface area (TPSA) is 85.2 Å². The van der Waals surface area contributed by atoms with Gasteiger partial charge < -0.3 is 15.0 Å². The summed E-state index contributed by atoms with van der Waals surface area (Å²) in [7, 11) is 1.85. The monoisotopic (exact) mass is 506 g/mol. The van der Waals surface area contributed by atoms with Crippen LogP contribution in [0.3, 0.4) is 0 Å². The van der Waals surface area contributed by atoms with E-state index in [1.54, 1.807) is 23.0 Å². The Labute approximate surface area is 212 Å². The Bertz CT molecular complexity index is 1430. The molecule has 1 saturated heterocycles. The molecule has 0 aliphatic carbocycles. The lowest BCUT2D eigenvalue weighted by Gasteiger charge is -2.33. The molecule has 3 heterocycles. The number of amides is 1. The lowest BCUT2D eigenvalue weighted by Crippen LogP contribution is -2.39. The summed E-state index contributed by atoms with van der Waals surface area (Å²) >= 11 is 5.95. The minimum Gasteiger partial charge on any atom is -0.370 e. The van der Waals surface area contributed by atoms with Gasteiger partial charge in [-0.15, -0.1) is 0 Å². The van der Waals surface area contributed by atoms with Crippen LogP contribution in [-0.2, 0) is 11.8 Å². The highest BCUT2D eigenvalue weighted by Gasteiger charge is 2.26. The first-order valence-electron chi connectivity index (χ1n) is 11.4. The summed E-state index contributed by atoms with van der Waals surface area (Å²) in [6, 6.07) is 13.4. The molecule has 1 unspecified atom stereocenters. The third-order valence-corrected chi connectivity index (χ3v) is 6.23. The first kappa shape index (κ1) is 23.9. The second-order valence-corrected chi connectivity index (χ2v) is 9.02. The van der Waals surface area contributed by atoms with E-state index in [0.717, 1.165) is 11.1 Å². The van der Waals surface area contributed by atoms with Crippen LogP contribution in [0.25, 0.3) is 11.4 Å². The maximum absolute atomic E-state index is 14.8. The Morgan fingerprint density at radius 2 is 2.03 bits per heavy atom. The van der Waals surface area contributed by atoms with Crippen molar-refractivity contribution >= 4 is 29.0 Å². The molecule has 0 saturated carbocycles. The number of carbonyl (C=O) groups is 1. The van der Waals surface area contributed by atoms with Crippen molar-refractivity contribution in [3.05, 3.63) is 88.6 Å². The van der Waals surface area contributed by atoms with Crippen molar-refractivity contribution < 1.29 is 13.9 Å². The van der Waals surface area contributed by atoms with Crippen molar-refractivity contribution in [2.45, 2.75) is 13.0 Å². The molecule has 2 aromatic heterocycles. The van der Waals surface area contributed by atoms with Crippen LogP contribution in [0.2, 0.25) is 5.02 Å². The number of aryl methyl sites for hydroxylation is 2. The molecule has 2 aromatic carbocycles. The Kier molecular flexibility index (Phi) is 6.67. The van der Waals surface area contributed by atoms with Crippen molar-refractivity contribution in [1.82, 2.24) is 19.7 Å². The van der Waals surface area contributed by atoms with E-state index in [1.807, 2.05) is 49.3 Å². The van der Waals surface area contributed by atoms with Crippen LogP contribution in [0.15, 0.2) is 60.9 Å². The maximum atomic E-state index is 14.8. The predicted molar refractivity (Wildman–Crippen MR) is 136 cm³/mol. The first-order valence-corrected chi connectivity index (χ1v) is 11.8. The van der Waals surface area contributed by atoms with Gasteiger partial charge in [0, 0.05) is 48.7 Å². The predicted octanol–water partition coefficient (Wildman–Crippen LogP) is 4.81. The first-order chi connectivity index (χ1) is 17.4. The molecule has 1 aliphatic rings. The highest BCUT2D eigenvalue weighted by atomic mass is 35.5. The Morgan fingerprint density at radius 1 is 1.19 bits per heavy atom. The van der Waals surface area contributed by atoms with Gasteiger partial charge in [-0.2, -0.15) is 5.10 Å². The molecular weight excluding hydrogens is 483 g/mol. The van der Waals surface area contributed by atoms with Crippen molar-refractivity contribution in [2.75, 3.05) is 29.9 Å². The molecule has 1 N–H and O–H groups in total. The Hall–Kier alpha value is -3.82. The minimum atomic E-state index is -0.569. The Morgan fingerprint density at radius 3 is 2.78 bits per heavy atom. The van der Waals surface area contributed by atoms with Crippen molar-refractivity contribution in [2.24, 2.45) is 7.05 Å². The standard InChI is InChI=1S/C26H24ClFN6O2/c1-16-5-3-4-6-21(16)31-26(35)22-12-24(32-25(30-22)19-8-7-18(27)11-20(19)28)34-9-10-36-23(15-34)17-13-29-33(2)14-17/h3-8,11-14,23H,9-10,15H2,1-2H3,(H,31,35). The van der Waals surface area contributed by atoms with Crippen LogP contribution in [0.5, 0.6) is 0 Å². The number of nitrogens with zero attached hydrogens (tertiary/aromatic N) is 5. The molecule has 10 heteroatoms. The molecule has 8 nitrogen and oxygen atoms in total. The molecule has 0 bridgehead atoms. The van der Waals surface area contributed by atoms with Gasteiger partial charge in [0.25, 0.3) is 5.91 Å². The van der Waals surface area contributed by atoms with Crippen LogP contribution in [0.4, 0.5) is 15.9 Å². The van der Waals surface area contributed by atoms with Gasteiger partial charge in [0.1, 0.15) is 23.4 Å². The van der Waals surface area contributed by atoms with E-state index in [1.165, 1.54) is 12.1 Å². The molecule has 1 amide bonds. The van der Waals surface area contributed by atoms with Gasteiger partial charge in [-0.05, 0) is 36.8 Å². The number of rotatable bonds is 5. The van der Waals surface area contributed by atoms with E-state index in [4.69, 9.17) is 16.3 Å². The number of carbonyl (C=O) groups excluding carboxylic acids is 1. The smallest absolute Gasteiger partial charge is 0.274 e. The van der Waals surface area contributed by atoms with Crippen LogP contribution < -0.4 is 10.2 Å². The normalized spacial score (nSPS) is 15.7. The average molecular weight is 507 g/mol. The van der Waals surface area contributed by atoms with E-state index in [9.17, 15) is 9.18 Å². The number of ether oxygens (including phenoxy) is 1. The molecule has 0 spiro atoms. The second kappa shape index (κ2) is 10.0. The molecule has 1 atom stereocenters. The van der Waals surface area contributed by atoms with E-state index in [0.29, 0.717) is 31.2 Å². The summed E-state index contributed by atoms with van der Waals surface area (Å²) in [6.45, 7) is 3.40. The molecule has 4 aromatic rings. The number of morpholine rings is 1. The minimum absolute atomic E-state index is 0.0982. The van der Waals surface area contributed by atoms with Gasteiger partial charge in [-0.1, -0.05) is 29.8 Å². The molecular formula is C26H24ClFN6O2. The van der Waals surface area contributed by atoms with Crippen LogP contribution >= 0.6 is 11.6 Å². The second-order valence-electron chi connectivity index (χ2n) is 8.58. The molecule has 36 heavy (non-hydrogen) atoms. The zero-order valence-electron chi connectivity index (χ0n) is 19.8. The van der Waals surface area contributed by atoms with Crippen LogP contribution in [0.1, 0.15) is 27.7 Å². The molecule has 0 radical (unpaired) electrons. The maximum Gasteiger partial charge on any atom is 0.274 e. The van der Waals surface area contributed by atoms with E-state index in [-0.39, 0.29) is 28.2 Å². The number of halogens is 2. The number of aromatic nitrogens is 4. The van der Waals surface area contributed by atoms with Crippen molar-refractivity contribution in [1.29, 1.82) is 0 Å². The summed E-state index contributed by atoms with van der Waals surface area (Å²) in [5.41, 5.74) is 2.81. The molecule has 1 aliphatic heterocycles. The highest BCUT2D eigenvalue weighted by molar-refractivity contribution is 6.30. The van der Waals surface area contributed by atoms with Gasteiger partial charge in [-0.25, -0.2) is 14.4 Å². The zero-order valence-corrected chi connectivity index (χ0v) is 20.5. The lowest BCUT2D eigenvalue weighted by molar-refractivity contribution is 0.0395. The summed E-state index contributed by atoms with van der Waals surface area (Å²) in [5, 5.41) is 7.39. The SMILES string of the molecule is Cc1ccccc1NC(=O)c1cc(N2CCOC(c3cnn(C)c3)C2)nc(-c2ccc(Cl)cc2F)n1. The number of anilines is 2. The summed E-state index contributed by atoms with van der Waals surface area (Å²) < 4.78 is 22.5. The van der Waals surface area contributed by atoms with Crippen molar-refractivity contribution in [3.63, 3.8) is 0 Å². The van der Waals surface area contributed by atoms with Crippen molar-refractivity contribution in [3.8, 4) is 11.4 Å². The van der Waals surface area contributed by atoms with Crippen LogP contribution in [-0.4, -0.2) is 45.4 Å². The fourth-order valence-electron chi connectivity index (χ4n) is 4.07. The summed E-state index contributed by atoms with van der Waals surface area (Å²) in [5.74, 6) is -0.386. The number of nitrogens with one attached hydrogen (secondary N) is 1. The molecule has 1 fully saturated rings. The largest absolute Gasteiger partial charge is 0.370 e. The van der Waals surface area contributed by atoms with Gasteiger partial charge >= 0.3 is 0 Å². The Balaban J connectivity index is 1.52. The van der Waals surface area contributed by atoms with Gasteiger partial charge in [0.15, 0.2) is 5.82 Å². The quantitative estimate of drug-likeness (QED) is 0.418. The number of hydrogen-bond donors (Lipinski definition) is 1. The van der Waals surface area contributed by atoms with E-state index in [2.05, 4.69) is 20.4 Å². The van der Waals surface area contributed by atoms with Gasteiger partial charge in [-0.3, -0.25) is 9.48 Å². The van der Waals surface area contributed by atoms with E-state index < -0.39 is 11.7 Å². The third-order valence-electron chi connectivity index (χ3n) is 6.00. The third kappa shape index (κ3) is 5.07. The number of benzene rings is 2. The summed E-state index contributed by atoms with van der Waals surface area (Å²) in [6.07, 6.45) is 3.45. The lowest BCUT2D eigenvalue weighted by atomic mass is 10.1. The molecule has 184 valence electrons. The van der Waals surface area contributed by atoms with Crippen LogP contribution in [0, 0.1) is 12.7 Å². The van der Waals surface area contributed by atoms with Gasteiger partial charge in [0.2, 0.25) is 0 Å². The molecule has 5 rings (SSSR count). The number of hydrogen-bond acceptors (Lipinski definition) is 6. The average Bonchev–Trinajstić information content (AvgIpc) is 3.31. The summed E-state index contributed by atoms with van der Waals surface area (Å²) in [4.78, 5) is 24.3. The fraction of sp³-hybridized carbons (Fsp3) is 0.231. The number of para-hydroxylation sites is 1.